The number of sulfonamides is 1. The van der Waals surface area contributed by atoms with E-state index in [1.165, 1.54) is 0 Å². The molecule has 0 aromatic carbocycles. The molecule has 0 rings (SSSR count). The molecule has 0 spiro atoms. The van der Waals surface area contributed by atoms with Gasteiger partial charge in [-0.25, -0.2) is 8.42 Å². The Kier molecular flexibility index (Phi) is 13.6. The first-order chi connectivity index (χ1) is 14.1. The van der Waals surface area contributed by atoms with E-state index in [4.69, 9.17) is 0 Å². The van der Waals surface area contributed by atoms with Crippen LogP contribution in [0.1, 0.15) is 12.8 Å². The fourth-order valence-electron chi connectivity index (χ4n) is 1.68. The average Bonchev–Trinajstić information content (AvgIpc) is 2.58. The van der Waals surface area contributed by atoms with Gasteiger partial charge in [0.1, 0.15) is 0 Å². The van der Waals surface area contributed by atoms with Crippen LogP contribution in [0.15, 0.2) is 0 Å². The van der Waals surface area contributed by atoms with Crippen LogP contribution in [0.2, 0.25) is 0 Å². The molecule has 0 atom stereocenters. The molecule has 0 aliphatic heterocycles. The summed E-state index contributed by atoms with van der Waals surface area (Å²) in [5.74, 6) is -33.2. The van der Waals surface area contributed by atoms with Crippen LogP contribution in [0.3, 0.4) is 0 Å². The summed E-state index contributed by atoms with van der Waals surface area (Å²) in [5.41, 5.74) is 0. The van der Waals surface area contributed by atoms with Gasteiger partial charge < -0.3 is 18.9 Å². The molecule has 25 heteroatoms. The monoisotopic (exact) mass is 581 g/mol. The molecule has 0 radical (unpaired) electrons. The molecule has 7 nitrogen and oxygen atoms in total. The normalized spacial score (nSPS) is 15.0. The largest absolute Gasteiger partial charge is 1.00 e. The van der Waals surface area contributed by atoms with Crippen molar-refractivity contribution >= 4 is 17.8 Å². The van der Waals surface area contributed by atoms with E-state index in [1.54, 1.807) is 0 Å². The van der Waals surface area contributed by atoms with E-state index in [0.29, 0.717) is 0 Å². The van der Waals surface area contributed by atoms with Crippen molar-refractivity contribution in [3.05, 3.63) is 0 Å². The first-order valence-corrected chi connectivity index (χ1v) is 10.3. The van der Waals surface area contributed by atoms with Gasteiger partial charge in [-0.3, -0.25) is 0 Å². The van der Waals surface area contributed by atoms with Gasteiger partial charge in [0.15, 0.2) is 0 Å². The summed E-state index contributed by atoms with van der Waals surface area (Å²) in [6.45, 7) is -3.18. The van der Waals surface area contributed by atoms with Crippen LogP contribution in [0, 0.1) is 0 Å². The van der Waals surface area contributed by atoms with Crippen LogP contribution in [0.4, 0.5) is 61.6 Å². The smallest absolute Gasteiger partial charge is 0.790 e. The van der Waals surface area contributed by atoms with E-state index in [0.717, 1.165) is 0 Å². The summed E-state index contributed by atoms with van der Waals surface area (Å²) >= 11 is 0. The number of unbranched alkanes of at least 4 members (excludes halogenated alkanes) is 1. The zero-order valence-electron chi connectivity index (χ0n) is 16.9. The van der Waals surface area contributed by atoms with Gasteiger partial charge in [0.05, 0.1) is 14.4 Å². The molecule has 0 aromatic rings. The number of rotatable bonds is 12. The number of phosphoric acid groups is 1. The second kappa shape index (κ2) is 12.0. The van der Waals surface area contributed by atoms with Crippen LogP contribution in [-0.2, 0) is 19.1 Å². The molecule has 0 amide bonds. The minimum atomic E-state index is -8.44. The van der Waals surface area contributed by atoms with Crippen molar-refractivity contribution in [3.8, 4) is 0 Å². The van der Waals surface area contributed by atoms with E-state index in [2.05, 4.69) is 4.52 Å². The minimum Gasteiger partial charge on any atom is -0.790 e. The second-order valence-electron chi connectivity index (χ2n) is 5.82. The Morgan fingerprint density at radius 2 is 1.09 bits per heavy atom. The summed E-state index contributed by atoms with van der Waals surface area (Å²) in [6, 6.07) is 0. The molecule has 35 heavy (non-hydrogen) atoms. The van der Waals surface area contributed by atoms with Crippen LogP contribution >= 0.6 is 7.82 Å². The molecule has 0 saturated carbocycles. The van der Waals surface area contributed by atoms with Crippen LogP contribution in [0.5, 0.6) is 0 Å². The molecule has 0 aliphatic rings. The van der Waals surface area contributed by atoms with Gasteiger partial charge in [-0.15, -0.1) is 4.48 Å². The van der Waals surface area contributed by atoms with Gasteiger partial charge in [-0.2, -0.15) is 57.1 Å². The summed E-state index contributed by atoms with van der Waals surface area (Å²) < 4.78 is 215. The summed E-state index contributed by atoms with van der Waals surface area (Å²) in [5, 5.41) is -7.74. The topological polar surface area (TPSA) is 110 Å². The Bertz CT molecular complexity index is 851. The van der Waals surface area contributed by atoms with Crippen LogP contribution < -0.4 is 47.5 Å². The predicted octanol–water partition coefficient (Wildman–Crippen LogP) is -3.17. The van der Waals surface area contributed by atoms with Gasteiger partial charge in [0, 0.05) is 6.54 Å². The third-order valence-electron chi connectivity index (χ3n) is 3.47. The molecule has 0 N–H and O–H groups in total. The molecule has 0 aromatic heterocycles. The van der Waals surface area contributed by atoms with E-state index in [-0.39, 0.29) is 37.7 Å². The predicted molar refractivity (Wildman–Crippen MR) is 70.3 cm³/mol. The Balaban J connectivity index is -0.00000512. The number of phosphoric ester groups is 1. The summed E-state index contributed by atoms with van der Waals surface area (Å²) in [7, 11) is -13.4. The van der Waals surface area contributed by atoms with E-state index in [1.807, 2.05) is 0 Å². The molecule has 200 valence electrons. The molecule has 0 aliphatic carbocycles. The average molecular weight is 581 g/mol. The SMILES string of the molecule is O=P([O-])([O-])OCCCCN(F)S(=O)(=O)C(F)(F)C(F)(F)C(F)(F)C(F)(F)C(F)(F)C(F)(F)F.[Li+].[Li+]. The third kappa shape index (κ3) is 7.42. The van der Waals surface area contributed by atoms with Crippen molar-refractivity contribution < 1.29 is 127 Å². The Morgan fingerprint density at radius 3 is 1.43 bits per heavy atom. The molecule has 0 heterocycles. The molecule has 0 unspecified atom stereocenters. The number of hydrogen-bond acceptors (Lipinski definition) is 6. The van der Waals surface area contributed by atoms with Crippen molar-refractivity contribution in [1.82, 2.24) is 4.53 Å². The fourth-order valence-corrected chi connectivity index (χ4v) is 3.10. The van der Waals surface area contributed by atoms with E-state index >= 15 is 0 Å². The zero-order chi connectivity index (χ0) is 27.1. The van der Waals surface area contributed by atoms with E-state index in [9.17, 15) is 84.3 Å². The molecular weight excluding hydrogens is 573 g/mol. The molecule has 0 fully saturated rings. The Labute approximate surface area is 210 Å². The number of nitrogens with zero attached hydrogens (tertiary/aromatic N) is 1. The van der Waals surface area contributed by atoms with Crippen molar-refractivity contribution in [2.45, 2.75) is 48.0 Å². The summed E-state index contributed by atoms with van der Waals surface area (Å²) in [4.78, 5) is 20.1. The third-order valence-corrected chi connectivity index (χ3v) is 5.57. The van der Waals surface area contributed by atoms with Crippen LogP contribution in [0.25, 0.3) is 0 Å². The summed E-state index contributed by atoms with van der Waals surface area (Å²) in [6.07, 6.45) is -9.77. The fraction of sp³-hybridized carbons (Fsp3) is 1.00. The second-order valence-corrected chi connectivity index (χ2v) is 8.83. The molecule has 0 saturated heterocycles. The molecule has 0 bridgehead atoms. The van der Waals surface area contributed by atoms with Crippen molar-refractivity contribution in [3.63, 3.8) is 0 Å². The first kappa shape index (κ1) is 39.7. The Hall–Kier alpha value is 0.235. The quantitative estimate of drug-likeness (QED) is 0.0792. The standard InChI is InChI=1S/C10H10F14NO6PS.2Li/c11-5(12,7(15,16)9(19,20)21)6(13,14)8(17,18)10(22,23)33(29,30)25(24)3-1-2-4-31-32(26,27)28;;/h1-4H2,(H2,26,27,28);;/q;2*+1/p-2. The first-order valence-electron chi connectivity index (χ1n) is 7.43. The van der Waals surface area contributed by atoms with Crippen molar-refractivity contribution in [2.24, 2.45) is 0 Å². The zero-order valence-corrected chi connectivity index (χ0v) is 18.6. The maximum Gasteiger partial charge on any atom is 1.00 e. The number of halogens is 14. The minimum absolute atomic E-state index is 0. The molecular formula is C10H8F14Li2NO6PS. The number of alkyl halides is 13. The maximum absolute atomic E-state index is 13.6. The Morgan fingerprint density at radius 1 is 0.714 bits per heavy atom. The van der Waals surface area contributed by atoms with Gasteiger partial charge >= 0.3 is 82.9 Å². The van der Waals surface area contributed by atoms with Gasteiger partial charge in [-0.05, 0) is 17.4 Å². The maximum atomic E-state index is 13.6. The van der Waals surface area contributed by atoms with Crippen LogP contribution in [-0.4, -0.2) is 61.2 Å². The van der Waals surface area contributed by atoms with Crippen molar-refractivity contribution in [2.75, 3.05) is 13.2 Å². The van der Waals surface area contributed by atoms with E-state index < -0.39 is 83.5 Å². The number of hydrogen-bond donors (Lipinski definition) is 0. The van der Waals surface area contributed by atoms with Crippen molar-refractivity contribution in [1.29, 1.82) is 0 Å². The van der Waals surface area contributed by atoms with Gasteiger partial charge in [0.2, 0.25) is 0 Å². The van der Waals surface area contributed by atoms with Gasteiger partial charge in [-0.1, -0.05) is 0 Å². The van der Waals surface area contributed by atoms with Gasteiger partial charge in [0.25, 0.3) is 0 Å².